The molecule has 8 fully saturated rings. The molecule has 0 amide bonds. The van der Waals surface area contributed by atoms with Crippen LogP contribution in [0.2, 0.25) is 0 Å². The lowest BCUT2D eigenvalue weighted by Gasteiger charge is -2.64. The van der Waals surface area contributed by atoms with Crippen LogP contribution >= 0.6 is 0 Å². The highest BCUT2D eigenvalue weighted by atomic mass is 32.2. The molecule has 15 nitrogen and oxygen atoms in total. The van der Waals surface area contributed by atoms with Gasteiger partial charge in [0.2, 0.25) is 15.7 Å². The van der Waals surface area contributed by atoms with Crippen LogP contribution in [0.5, 0.6) is 0 Å². The first-order valence-electron chi connectivity index (χ1n) is 19.9. The summed E-state index contributed by atoms with van der Waals surface area (Å²) in [5.74, 6) is -9.93. The van der Waals surface area contributed by atoms with E-state index in [4.69, 9.17) is 23.7 Å². The van der Waals surface area contributed by atoms with E-state index in [0.717, 1.165) is 9.87 Å². The Hall–Kier alpha value is -3.44. The Balaban J connectivity index is 1.31. The molecule has 3 unspecified atom stereocenters. The third-order valence-electron chi connectivity index (χ3n) is 16.5. The van der Waals surface area contributed by atoms with Crippen molar-refractivity contribution >= 4 is 39.7 Å². The number of esters is 4. The lowest BCUT2D eigenvalue weighted by atomic mass is 9.41. The maximum atomic E-state index is 14.8. The van der Waals surface area contributed by atoms with Crippen LogP contribution < -0.4 is 0 Å². The number of ketones is 1. The van der Waals surface area contributed by atoms with E-state index < -0.39 is 139 Å². The third-order valence-corrected chi connectivity index (χ3v) is 18.4. The third kappa shape index (κ3) is 4.51. The largest absolute Gasteiger partial charge is 0.462 e. The SMILES string of the molecule is CC(=O)O[C@H]1[C@@H]2[C@H]([C@H](C)[C@H]3N(S(=O)(=O)c4ccc(C)cc4)[C@]34OC(=O)[C@@](C)(O)[C@]24C)[C@]2(C)[C@@H]1C1C([C@H](OC(C)=O)[C@@H]2OC(C)=O)[C@@]2(C)C[C@H]3O[C@H]3C[C@@H]2C(=O)[C@@H]1O. The number of carbonyl (C=O) groups is 5. The van der Waals surface area contributed by atoms with Gasteiger partial charge in [0, 0.05) is 55.8 Å². The average Bonchev–Trinajstić information content (AvgIpc) is 3.99. The smallest absolute Gasteiger partial charge is 0.340 e. The van der Waals surface area contributed by atoms with E-state index in [1.54, 1.807) is 32.9 Å². The number of sulfonamides is 1. The van der Waals surface area contributed by atoms with Crippen molar-refractivity contribution in [3.05, 3.63) is 29.8 Å². The van der Waals surface area contributed by atoms with Crippen molar-refractivity contribution in [2.75, 3.05) is 0 Å². The van der Waals surface area contributed by atoms with Crippen LogP contribution in [0.15, 0.2) is 29.2 Å². The van der Waals surface area contributed by atoms with Crippen LogP contribution in [0, 0.1) is 64.6 Å². The molecule has 1 spiro atoms. The highest BCUT2D eigenvalue weighted by Crippen LogP contribution is 2.82. The highest BCUT2D eigenvalue weighted by Gasteiger charge is 2.96. The maximum absolute atomic E-state index is 14.8. The first-order valence-corrected chi connectivity index (χ1v) is 21.3. The molecule has 3 aliphatic heterocycles. The standard InChI is InChI=1S/C41H51NO14S/c1-16-10-12-21(13-11-16)57(50,51)42-34-17(2)26-29(39(8)40(9,49)36(48)56-41(34,39)42)32(52-18(3)43)28-25-27(33(53-19(4)44)35(38(26,28)7)54-20(5)45)37(6)15-24-23(55-24)14-22(37)30(46)31(25)47/h10-13,17,22-29,31-35,47,49H,14-15H2,1-9H3/t17-,22+,23-,24+,25?,26-,27?,28+,29-,31+,32+,33-,34+,35-,37-,38+,39-,40+,41-,42?/m0/s1. The number of aryl methyl sites for hydroxylation is 1. The molecule has 0 aromatic heterocycles. The number of fused-ring (bicyclic) bond motifs is 9. The van der Waals surface area contributed by atoms with E-state index in [1.165, 1.54) is 39.8 Å². The zero-order chi connectivity index (χ0) is 41.5. The molecule has 1 aromatic carbocycles. The van der Waals surface area contributed by atoms with Crippen molar-refractivity contribution < 1.29 is 66.3 Å². The zero-order valence-electron chi connectivity index (χ0n) is 33.5. The number of aliphatic hydroxyl groups is 2. The van der Waals surface area contributed by atoms with Crippen LogP contribution in [0.3, 0.4) is 0 Å². The fraction of sp³-hybridized carbons (Fsp3) is 0.732. The molecule has 5 aliphatic carbocycles. The van der Waals surface area contributed by atoms with Crippen molar-refractivity contribution in [3.63, 3.8) is 0 Å². The van der Waals surface area contributed by atoms with Crippen molar-refractivity contribution in [1.29, 1.82) is 0 Å². The fourth-order valence-electron chi connectivity index (χ4n) is 14.4. The van der Waals surface area contributed by atoms with Crippen molar-refractivity contribution in [2.24, 2.45) is 57.7 Å². The number of hydrogen-bond acceptors (Lipinski definition) is 14. The van der Waals surface area contributed by atoms with Crippen molar-refractivity contribution in [1.82, 2.24) is 4.31 Å². The van der Waals surface area contributed by atoms with Gasteiger partial charge in [-0.1, -0.05) is 45.4 Å². The Labute approximate surface area is 331 Å². The first kappa shape index (κ1) is 39.0. The lowest BCUT2D eigenvalue weighted by molar-refractivity contribution is -0.261. The predicted octanol–water partition coefficient (Wildman–Crippen LogP) is 2.06. The minimum absolute atomic E-state index is 0.0611. The monoisotopic (exact) mass is 813 g/mol. The van der Waals surface area contributed by atoms with E-state index in [2.05, 4.69) is 0 Å². The van der Waals surface area contributed by atoms with Crippen LogP contribution in [0.4, 0.5) is 0 Å². The summed E-state index contributed by atoms with van der Waals surface area (Å²) in [6.45, 7) is 13.8. The number of Topliss-reactive ketones (excluding diaryl/α,β-unsaturated/α-hetero) is 1. The number of carbonyl (C=O) groups excluding carboxylic acids is 5. The van der Waals surface area contributed by atoms with Gasteiger partial charge >= 0.3 is 23.9 Å². The Kier molecular flexibility index (Phi) is 7.97. The van der Waals surface area contributed by atoms with E-state index in [1.807, 2.05) is 13.8 Å². The minimum Gasteiger partial charge on any atom is -0.462 e. The highest BCUT2D eigenvalue weighted by molar-refractivity contribution is 7.89. The summed E-state index contributed by atoms with van der Waals surface area (Å²) in [6, 6.07) is 5.15. The Bertz CT molecular complexity index is 2120. The molecule has 8 aliphatic rings. The normalized spacial score (nSPS) is 52.3. The second-order valence-corrected chi connectivity index (χ2v) is 20.9. The van der Waals surface area contributed by atoms with Gasteiger partial charge in [0.25, 0.3) is 0 Å². The molecule has 9 rings (SSSR count). The zero-order valence-corrected chi connectivity index (χ0v) is 34.3. The topological polar surface area (TPSA) is 212 Å². The Morgan fingerprint density at radius 2 is 1.46 bits per heavy atom. The van der Waals surface area contributed by atoms with Crippen molar-refractivity contribution in [2.45, 2.75) is 134 Å². The van der Waals surface area contributed by atoms with Gasteiger partial charge in [0.15, 0.2) is 11.4 Å². The molecule has 57 heavy (non-hydrogen) atoms. The van der Waals surface area contributed by atoms with Gasteiger partial charge in [-0.05, 0) is 56.1 Å². The van der Waals surface area contributed by atoms with Gasteiger partial charge in [-0.3, -0.25) is 19.2 Å². The van der Waals surface area contributed by atoms with Crippen LogP contribution in [0.1, 0.15) is 73.8 Å². The molecule has 16 heteroatoms. The summed E-state index contributed by atoms with van der Waals surface area (Å²) in [5.41, 5.74) is -7.75. The molecule has 0 bridgehead atoms. The number of aliphatic hydroxyl groups excluding tert-OH is 1. The molecular formula is C41H51NO14S. The number of nitrogens with zero attached hydrogens (tertiary/aromatic N) is 1. The van der Waals surface area contributed by atoms with Gasteiger partial charge in [0.1, 0.15) is 24.4 Å². The second kappa shape index (κ2) is 11.6. The van der Waals surface area contributed by atoms with Gasteiger partial charge < -0.3 is 33.9 Å². The van der Waals surface area contributed by atoms with E-state index >= 15 is 0 Å². The molecule has 5 saturated carbocycles. The number of hydrogen-bond donors (Lipinski definition) is 2. The average molecular weight is 814 g/mol. The quantitative estimate of drug-likeness (QED) is 0.248. The summed E-state index contributed by atoms with van der Waals surface area (Å²) in [6.07, 6.45) is -5.04. The summed E-state index contributed by atoms with van der Waals surface area (Å²) >= 11 is 0. The van der Waals surface area contributed by atoms with E-state index in [-0.39, 0.29) is 17.1 Å². The predicted molar refractivity (Wildman–Crippen MR) is 193 cm³/mol. The number of ether oxygens (including phenoxy) is 5. The lowest BCUT2D eigenvalue weighted by Crippen LogP contribution is -2.72. The molecule has 3 heterocycles. The molecular weight excluding hydrogens is 763 g/mol. The Morgan fingerprint density at radius 3 is 2.05 bits per heavy atom. The van der Waals surface area contributed by atoms with Gasteiger partial charge in [0.05, 0.1) is 28.6 Å². The molecule has 0 radical (unpaired) electrons. The summed E-state index contributed by atoms with van der Waals surface area (Å²) in [7, 11) is -4.42. The number of epoxide rings is 1. The maximum Gasteiger partial charge on any atom is 0.340 e. The Morgan fingerprint density at radius 1 is 0.860 bits per heavy atom. The van der Waals surface area contributed by atoms with Crippen LogP contribution in [0.25, 0.3) is 0 Å². The van der Waals surface area contributed by atoms with E-state index in [0.29, 0.717) is 12.8 Å². The summed E-state index contributed by atoms with van der Waals surface area (Å²) in [5, 5.41) is 24.9. The second-order valence-electron chi connectivity index (χ2n) is 19.1. The van der Waals surface area contributed by atoms with Crippen LogP contribution in [-0.4, -0.2) is 107 Å². The number of rotatable bonds is 5. The summed E-state index contributed by atoms with van der Waals surface area (Å²) < 4.78 is 61.7. The van der Waals surface area contributed by atoms with Gasteiger partial charge in [-0.15, -0.1) is 4.31 Å². The van der Waals surface area contributed by atoms with Crippen LogP contribution in [-0.2, 0) is 57.7 Å². The van der Waals surface area contributed by atoms with Crippen molar-refractivity contribution in [3.8, 4) is 0 Å². The molecule has 310 valence electrons. The number of benzene rings is 1. The molecule has 2 N–H and O–H groups in total. The molecule has 20 atom stereocenters. The molecule has 1 aromatic rings. The first-order chi connectivity index (χ1) is 26.4. The van der Waals surface area contributed by atoms with Gasteiger partial charge in [-0.25, -0.2) is 13.2 Å². The van der Waals surface area contributed by atoms with E-state index in [9.17, 15) is 42.6 Å². The molecule has 3 saturated heterocycles. The minimum atomic E-state index is -4.42. The summed E-state index contributed by atoms with van der Waals surface area (Å²) in [4.78, 5) is 68.5. The van der Waals surface area contributed by atoms with Gasteiger partial charge in [-0.2, -0.15) is 0 Å². The fourth-order valence-corrected chi connectivity index (χ4v) is 16.4.